The van der Waals surface area contributed by atoms with Crippen LogP contribution >= 0.6 is 0 Å². The summed E-state index contributed by atoms with van der Waals surface area (Å²) in [6.07, 6.45) is 5.78. The van der Waals surface area contributed by atoms with Crippen LogP contribution in [0, 0.1) is 5.92 Å². The highest BCUT2D eigenvalue weighted by Crippen LogP contribution is 2.27. The Bertz CT molecular complexity index is 641. The Balaban J connectivity index is 1.71. The van der Waals surface area contributed by atoms with Gasteiger partial charge < -0.3 is 11.1 Å². The maximum Gasteiger partial charge on any atom is 0.272 e. The lowest BCUT2D eigenvalue weighted by atomic mass is 9.84. The van der Waals surface area contributed by atoms with E-state index in [4.69, 9.17) is 5.73 Å². The average molecular weight is 286 g/mol. The van der Waals surface area contributed by atoms with Crippen LogP contribution in [0.2, 0.25) is 0 Å². The number of nitrogen functional groups attached to an aromatic ring is 1. The van der Waals surface area contributed by atoms with Gasteiger partial charge in [-0.2, -0.15) is 5.10 Å². The quantitative estimate of drug-likeness (QED) is 0.759. The summed E-state index contributed by atoms with van der Waals surface area (Å²) in [6, 6.07) is 5.71. The SMILES string of the molecule is CCC1CCC(NC(=O)c2n[nH]c3ccc(N)cc23)CC1. The Hall–Kier alpha value is -2.04. The van der Waals surface area contributed by atoms with E-state index in [0.717, 1.165) is 29.7 Å². The van der Waals surface area contributed by atoms with Gasteiger partial charge in [0, 0.05) is 17.1 Å². The number of nitrogens with one attached hydrogen (secondary N) is 2. The van der Waals surface area contributed by atoms with Crippen LogP contribution in [0.4, 0.5) is 5.69 Å². The number of H-pyrrole nitrogens is 1. The molecule has 1 amide bonds. The van der Waals surface area contributed by atoms with E-state index >= 15 is 0 Å². The Morgan fingerprint density at radius 1 is 1.38 bits per heavy atom. The normalized spacial score (nSPS) is 22.3. The van der Waals surface area contributed by atoms with E-state index in [9.17, 15) is 4.79 Å². The number of nitrogens with zero attached hydrogens (tertiary/aromatic N) is 1. The van der Waals surface area contributed by atoms with Crippen molar-refractivity contribution in [3.05, 3.63) is 23.9 Å². The van der Waals surface area contributed by atoms with Crippen LogP contribution in [-0.2, 0) is 0 Å². The topological polar surface area (TPSA) is 83.8 Å². The number of aromatic nitrogens is 2. The van der Waals surface area contributed by atoms with Gasteiger partial charge in [0.15, 0.2) is 5.69 Å². The summed E-state index contributed by atoms with van der Waals surface area (Å²) < 4.78 is 0. The molecular weight excluding hydrogens is 264 g/mol. The molecule has 0 unspecified atom stereocenters. The monoisotopic (exact) mass is 286 g/mol. The lowest BCUT2D eigenvalue weighted by Crippen LogP contribution is -2.37. The first kappa shape index (κ1) is 13.9. The lowest BCUT2D eigenvalue weighted by Gasteiger charge is -2.28. The van der Waals surface area contributed by atoms with Gasteiger partial charge in [0.2, 0.25) is 0 Å². The molecule has 1 fully saturated rings. The fourth-order valence-corrected chi connectivity index (χ4v) is 3.17. The maximum absolute atomic E-state index is 12.4. The second kappa shape index (κ2) is 5.76. The number of nitrogens with two attached hydrogens (primary N) is 1. The van der Waals surface area contributed by atoms with Gasteiger partial charge in [-0.1, -0.05) is 13.3 Å². The van der Waals surface area contributed by atoms with Gasteiger partial charge in [0.25, 0.3) is 5.91 Å². The molecule has 5 nitrogen and oxygen atoms in total. The van der Waals surface area contributed by atoms with Crippen molar-refractivity contribution in [1.29, 1.82) is 0 Å². The summed E-state index contributed by atoms with van der Waals surface area (Å²) in [5.74, 6) is 0.718. The summed E-state index contributed by atoms with van der Waals surface area (Å²) in [5, 5.41) is 10.9. The van der Waals surface area contributed by atoms with Crippen molar-refractivity contribution in [1.82, 2.24) is 15.5 Å². The van der Waals surface area contributed by atoms with Gasteiger partial charge in [-0.25, -0.2) is 0 Å². The zero-order chi connectivity index (χ0) is 14.8. The molecule has 1 aromatic heterocycles. The highest BCUT2D eigenvalue weighted by atomic mass is 16.2. The summed E-state index contributed by atoms with van der Waals surface area (Å²) >= 11 is 0. The van der Waals surface area contributed by atoms with Crippen LogP contribution in [0.1, 0.15) is 49.5 Å². The third kappa shape index (κ3) is 2.86. The standard InChI is InChI=1S/C16H22N4O/c1-2-10-3-6-12(7-4-10)18-16(21)15-13-9-11(17)5-8-14(13)19-20-15/h5,8-10,12H,2-4,6-7,17H2,1H3,(H,18,21)(H,19,20). The van der Waals surface area contributed by atoms with Crippen LogP contribution in [0.5, 0.6) is 0 Å². The predicted molar refractivity (Wildman–Crippen MR) is 84.0 cm³/mol. The lowest BCUT2D eigenvalue weighted by molar-refractivity contribution is 0.0918. The Morgan fingerprint density at radius 2 is 2.14 bits per heavy atom. The molecule has 1 aliphatic carbocycles. The van der Waals surface area contributed by atoms with Gasteiger partial charge in [-0.05, 0) is 49.8 Å². The minimum atomic E-state index is -0.105. The van der Waals surface area contributed by atoms with E-state index in [1.165, 1.54) is 19.3 Å². The second-order valence-corrected chi connectivity index (χ2v) is 5.98. The maximum atomic E-state index is 12.4. The van der Waals surface area contributed by atoms with E-state index in [-0.39, 0.29) is 11.9 Å². The van der Waals surface area contributed by atoms with Crippen LogP contribution in [0.3, 0.4) is 0 Å². The molecule has 5 heteroatoms. The molecule has 0 aliphatic heterocycles. The molecular formula is C16H22N4O. The fourth-order valence-electron chi connectivity index (χ4n) is 3.17. The number of anilines is 1. The number of hydrogen-bond acceptors (Lipinski definition) is 3. The molecule has 1 aliphatic rings. The smallest absolute Gasteiger partial charge is 0.272 e. The third-order valence-corrected chi connectivity index (χ3v) is 4.56. The first-order valence-electron chi connectivity index (χ1n) is 7.72. The van der Waals surface area contributed by atoms with Crippen LogP contribution in [0.25, 0.3) is 10.9 Å². The largest absolute Gasteiger partial charge is 0.399 e. The number of benzene rings is 1. The number of aromatic amines is 1. The Kier molecular flexibility index (Phi) is 3.82. The number of carbonyl (C=O) groups excluding carboxylic acids is 1. The summed E-state index contributed by atoms with van der Waals surface area (Å²) in [4.78, 5) is 12.4. The van der Waals surface area contributed by atoms with E-state index in [1.54, 1.807) is 12.1 Å². The van der Waals surface area contributed by atoms with Gasteiger partial charge in [-0.15, -0.1) is 0 Å². The first-order valence-corrected chi connectivity index (χ1v) is 7.72. The summed E-state index contributed by atoms with van der Waals surface area (Å²) in [7, 11) is 0. The van der Waals surface area contributed by atoms with E-state index < -0.39 is 0 Å². The molecule has 0 saturated heterocycles. The van der Waals surface area contributed by atoms with E-state index in [2.05, 4.69) is 22.4 Å². The third-order valence-electron chi connectivity index (χ3n) is 4.56. The van der Waals surface area contributed by atoms with Crippen LogP contribution in [0.15, 0.2) is 18.2 Å². The van der Waals surface area contributed by atoms with Crippen LogP contribution in [-0.4, -0.2) is 22.1 Å². The molecule has 112 valence electrons. The van der Waals surface area contributed by atoms with Crippen molar-refractivity contribution in [2.75, 3.05) is 5.73 Å². The molecule has 3 rings (SSSR count). The minimum absolute atomic E-state index is 0.105. The summed E-state index contributed by atoms with van der Waals surface area (Å²) in [6.45, 7) is 2.24. The van der Waals surface area contributed by atoms with E-state index in [0.29, 0.717) is 11.4 Å². The fraction of sp³-hybridized carbons (Fsp3) is 0.500. The zero-order valence-corrected chi connectivity index (χ0v) is 12.4. The molecule has 0 bridgehead atoms. The van der Waals surface area contributed by atoms with Crippen molar-refractivity contribution in [3.8, 4) is 0 Å². The van der Waals surface area contributed by atoms with Gasteiger partial charge in [0.05, 0.1) is 5.52 Å². The molecule has 1 saturated carbocycles. The molecule has 1 heterocycles. The average Bonchev–Trinajstić information content (AvgIpc) is 2.91. The number of hydrogen-bond donors (Lipinski definition) is 3. The number of fused-ring (bicyclic) bond motifs is 1. The zero-order valence-electron chi connectivity index (χ0n) is 12.4. The predicted octanol–water partition coefficient (Wildman–Crippen LogP) is 2.84. The number of carbonyl (C=O) groups is 1. The highest BCUT2D eigenvalue weighted by molar-refractivity contribution is 6.05. The minimum Gasteiger partial charge on any atom is -0.399 e. The van der Waals surface area contributed by atoms with Crippen LogP contribution < -0.4 is 11.1 Å². The number of rotatable bonds is 3. The summed E-state index contributed by atoms with van der Waals surface area (Å²) in [5.41, 5.74) is 7.71. The molecule has 0 spiro atoms. The van der Waals surface area contributed by atoms with Crippen molar-refractivity contribution in [2.45, 2.75) is 45.1 Å². The second-order valence-electron chi connectivity index (χ2n) is 5.98. The van der Waals surface area contributed by atoms with Crippen molar-refractivity contribution in [2.24, 2.45) is 5.92 Å². The molecule has 21 heavy (non-hydrogen) atoms. The van der Waals surface area contributed by atoms with E-state index in [1.807, 2.05) is 6.07 Å². The Labute approximate surface area is 124 Å². The highest BCUT2D eigenvalue weighted by Gasteiger charge is 2.23. The van der Waals surface area contributed by atoms with Gasteiger partial charge >= 0.3 is 0 Å². The molecule has 2 aromatic rings. The van der Waals surface area contributed by atoms with Crippen molar-refractivity contribution >= 4 is 22.5 Å². The van der Waals surface area contributed by atoms with Crippen molar-refractivity contribution < 1.29 is 4.79 Å². The Morgan fingerprint density at radius 3 is 2.86 bits per heavy atom. The molecule has 4 N–H and O–H groups in total. The first-order chi connectivity index (χ1) is 10.2. The van der Waals surface area contributed by atoms with Gasteiger partial charge in [0.1, 0.15) is 0 Å². The molecule has 0 radical (unpaired) electrons. The van der Waals surface area contributed by atoms with Crippen molar-refractivity contribution in [3.63, 3.8) is 0 Å². The molecule has 0 atom stereocenters. The molecule has 1 aromatic carbocycles. The number of amides is 1. The van der Waals surface area contributed by atoms with Gasteiger partial charge in [-0.3, -0.25) is 9.89 Å².